The Hall–Kier alpha value is -2.92. The van der Waals surface area contributed by atoms with Gasteiger partial charge in [0.2, 0.25) is 5.95 Å². The van der Waals surface area contributed by atoms with Crippen molar-refractivity contribution in [2.75, 3.05) is 42.9 Å². The summed E-state index contributed by atoms with van der Waals surface area (Å²) in [5, 5.41) is 3.37. The van der Waals surface area contributed by atoms with Gasteiger partial charge in [-0.25, -0.2) is 4.98 Å². The summed E-state index contributed by atoms with van der Waals surface area (Å²) in [6.45, 7) is 8.08. The maximum Gasteiger partial charge on any atom is 0.225 e. The molecule has 0 unspecified atom stereocenters. The third-order valence-corrected chi connectivity index (χ3v) is 5.26. The van der Waals surface area contributed by atoms with Gasteiger partial charge in [-0.3, -0.25) is 4.90 Å². The molecule has 29 heavy (non-hydrogen) atoms. The molecule has 150 valence electrons. The van der Waals surface area contributed by atoms with Gasteiger partial charge in [-0.1, -0.05) is 67.6 Å². The molecule has 1 fully saturated rings. The number of piperazine rings is 1. The van der Waals surface area contributed by atoms with E-state index in [0.717, 1.165) is 68.7 Å². The van der Waals surface area contributed by atoms with Gasteiger partial charge in [-0.05, 0) is 12.0 Å². The molecule has 5 heteroatoms. The van der Waals surface area contributed by atoms with E-state index in [2.05, 4.69) is 82.7 Å². The van der Waals surface area contributed by atoms with E-state index < -0.39 is 0 Å². The Morgan fingerprint density at radius 3 is 2.24 bits per heavy atom. The first-order valence-corrected chi connectivity index (χ1v) is 10.5. The van der Waals surface area contributed by atoms with Crippen LogP contribution < -0.4 is 10.2 Å². The Kier molecular flexibility index (Phi) is 6.37. The van der Waals surface area contributed by atoms with E-state index in [4.69, 9.17) is 9.97 Å². The fourth-order valence-corrected chi connectivity index (χ4v) is 3.65. The molecule has 0 aliphatic carbocycles. The third-order valence-electron chi connectivity index (χ3n) is 5.26. The normalized spacial score (nSPS) is 14.7. The molecule has 1 saturated heterocycles. The Balaban J connectivity index is 1.49. The molecule has 0 spiro atoms. The van der Waals surface area contributed by atoms with Crippen LogP contribution in [0.5, 0.6) is 0 Å². The van der Waals surface area contributed by atoms with Crippen LogP contribution in [-0.2, 0) is 6.54 Å². The number of nitrogens with one attached hydrogen (secondary N) is 1. The lowest BCUT2D eigenvalue weighted by atomic mass is 10.1. The summed E-state index contributed by atoms with van der Waals surface area (Å²) < 4.78 is 0. The van der Waals surface area contributed by atoms with Crippen molar-refractivity contribution in [3.8, 4) is 11.3 Å². The third kappa shape index (κ3) is 5.12. The maximum atomic E-state index is 4.81. The van der Waals surface area contributed by atoms with E-state index in [1.165, 1.54) is 5.56 Å². The maximum absolute atomic E-state index is 4.81. The van der Waals surface area contributed by atoms with E-state index in [-0.39, 0.29) is 0 Å². The molecule has 4 rings (SSSR count). The van der Waals surface area contributed by atoms with Crippen molar-refractivity contribution in [3.63, 3.8) is 0 Å². The largest absolute Gasteiger partial charge is 0.354 e. The van der Waals surface area contributed by atoms with Crippen molar-refractivity contribution >= 4 is 11.8 Å². The standard InChI is InChI=1S/C24H29N5/c1-2-13-25-24-26-22(21-11-7-4-8-12-21)18-23(27-24)29-16-14-28(15-17-29)19-20-9-5-3-6-10-20/h3-12,18H,2,13-17,19H2,1H3,(H,25,26,27). The summed E-state index contributed by atoms with van der Waals surface area (Å²) in [4.78, 5) is 14.5. The molecule has 0 radical (unpaired) electrons. The first-order chi connectivity index (χ1) is 14.3. The van der Waals surface area contributed by atoms with Gasteiger partial charge in [0.05, 0.1) is 5.69 Å². The Morgan fingerprint density at radius 1 is 0.862 bits per heavy atom. The highest BCUT2D eigenvalue weighted by atomic mass is 15.3. The lowest BCUT2D eigenvalue weighted by molar-refractivity contribution is 0.249. The highest BCUT2D eigenvalue weighted by Crippen LogP contribution is 2.24. The number of anilines is 2. The minimum absolute atomic E-state index is 0.718. The molecule has 1 aliphatic rings. The average Bonchev–Trinajstić information content (AvgIpc) is 2.79. The van der Waals surface area contributed by atoms with Crippen LogP contribution in [-0.4, -0.2) is 47.6 Å². The summed E-state index contributed by atoms with van der Waals surface area (Å²) in [7, 11) is 0. The first-order valence-electron chi connectivity index (χ1n) is 10.5. The van der Waals surface area contributed by atoms with E-state index in [1.807, 2.05) is 6.07 Å². The van der Waals surface area contributed by atoms with Crippen molar-refractivity contribution in [1.82, 2.24) is 14.9 Å². The molecule has 3 aromatic rings. The summed E-state index contributed by atoms with van der Waals surface area (Å²) in [5.41, 5.74) is 3.47. The summed E-state index contributed by atoms with van der Waals surface area (Å²) in [6.07, 6.45) is 1.05. The molecule has 5 nitrogen and oxygen atoms in total. The zero-order valence-electron chi connectivity index (χ0n) is 17.1. The van der Waals surface area contributed by atoms with Crippen LogP contribution in [0.2, 0.25) is 0 Å². The molecule has 0 saturated carbocycles. The molecule has 1 aliphatic heterocycles. The molecular formula is C24H29N5. The second-order valence-electron chi connectivity index (χ2n) is 7.48. The van der Waals surface area contributed by atoms with Crippen LogP contribution in [0.1, 0.15) is 18.9 Å². The quantitative estimate of drug-likeness (QED) is 0.655. The highest BCUT2D eigenvalue weighted by Gasteiger charge is 2.19. The number of rotatable bonds is 7. The lowest BCUT2D eigenvalue weighted by Gasteiger charge is -2.35. The predicted octanol–water partition coefficient (Wildman–Crippen LogP) is 4.29. The molecule has 2 heterocycles. The van der Waals surface area contributed by atoms with Crippen LogP contribution in [0.3, 0.4) is 0 Å². The van der Waals surface area contributed by atoms with Crippen molar-refractivity contribution < 1.29 is 0 Å². The van der Waals surface area contributed by atoms with Crippen molar-refractivity contribution in [1.29, 1.82) is 0 Å². The first kappa shape index (κ1) is 19.4. The van der Waals surface area contributed by atoms with Gasteiger partial charge < -0.3 is 10.2 Å². The molecule has 1 N–H and O–H groups in total. The fourth-order valence-electron chi connectivity index (χ4n) is 3.65. The Morgan fingerprint density at radius 2 is 1.55 bits per heavy atom. The van der Waals surface area contributed by atoms with Crippen molar-refractivity contribution in [2.24, 2.45) is 0 Å². The van der Waals surface area contributed by atoms with Gasteiger partial charge in [0.15, 0.2) is 0 Å². The number of aromatic nitrogens is 2. The molecule has 1 aromatic heterocycles. The summed E-state index contributed by atoms with van der Waals surface area (Å²) >= 11 is 0. The van der Waals surface area contributed by atoms with Crippen LogP contribution in [0.15, 0.2) is 66.7 Å². The molecule has 0 amide bonds. The van der Waals surface area contributed by atoms with E-state index in [1.54, 1.807) is 0 Å². The topological polar surface area (TPSA) is 44.3 Å². The minimum Gasteiger partial charge on any atom is -0.354 e. The SMILES string of the molecule is CCCNc1nc(-c2ccccc2)cc(N2CCN(Cc3ccccc3)CC2)n1. The Bertz CT molecular complexity index is 890. The second-order valence-corrected chi connectivity index (χ2v) is 7.48. The highest BCUT2D eigenvalue weighted by molar-refractivity contribution is 5.64. The van der Waals surface area contributed by atoms with Crippen LogP contribution in [0, 0.1) is 0 Å². The Labute approximate surface area is 173 Å². The van der Waals surface area contributed by atoms with Crippen molar-refractivity contribution in [3.05, 3.63) is 72.3 Å². The van der Waals surface area contributed by atoms with E-state index in [9.17, 15) is 0 Å². The average molecular weight is 388 g/mol. The zero-order valence-corrected chi connectivity index (χ0v) is 17.1. The molecular weight excluding hydrogens is 358 g/mol. The van der Waals surface area contributed by atoms with Gasteiger partial charge in [-0.15, -0.1) is 0 Å². The summed E-state index contributed by atoms with van der Waals surface area (Å²) in [5.74, 6) is 1.73. The number of nitrogens with zero attached hydrogens (tertiary/aromatic N) is 4. The monoisotopic (exact) mass is 387 g/mol. The fraction of sp³-hybridized carbons (Fsp3) is 0.333. The van der Waals surface area contributed by atoms with Crippen LogP contribution >= 0.6 is 0 Å². The van der Waals surface area contributed by atoms with Gasteiger partial charge in [-0.2, -0.15) is 4.98 Å². The van der Waals surface area contributed by atoms with E-state index >= 15 is 0 Å². The minimum atomic E-state index is 0.718. The number of hydrogen-bond acceptors (Lipinski definition) is 5. The molecule has 0 atom stereocenters. The molecule has 2 aromatic carbocycles. The smallest absolute Gasteiger partial charge is 0.225 e. The number of hydrogen-bond donors (Lipinski definition) is 1. The summed E-state index contributed by atoms with van der Waals surface area (Å²) in [6, 6.07) is 23.2. The number of benzene rings is 2. The van der Waals surface area contributed by atoms with Gasteiger partial charge in [0.1, 0.15) is 5.82 Å². The van der Waals surface area contributed by atoms with Crippen LogP contribution in [0.4, 0.5) is 11.8 Å². The van der Waals surface area contributed by atoms with Gasteiger partial charge in [0.25, 0.3) is 0 Å². The van der Waals surface area contributed by atoms with Gasteiger partial charge in [0, 0.05) is 50.9 Å². The van der Waals surface area contributed by atoms with Crippen LogP contribution in [0.25, 0.3) is 11.3 Å². The van der Waals surface area contributed by atoms with Gasteiger partial charge >= 0.3 is 0 Å². The lowest BCUT2D eigenvalue weighted by Crippen LogP contribution is -2.46. The molecule has 0 bridgehead atoms. The van der Waals surface area contributed by atoms with E-state index in [0.29, 0.717) is 0 Å². The zero-order chi connectivity index (χ0) is 19.9. The predicted molar refractivity (Wildman–Crippen MR) is 120 cm³/mol. The second kappa shape index (κ2) is 9.52. The van der Waals surface area contributed by atoms with Crippen molar-refractivity contribution in [2.45, 2.75) is 19.9 Å².